The van der Waals surface area contributed by atoms with Gasteiger partial charge in [-0.05, 0) is 43.9 Å². The molecule has 0 aliphatic carbocycles. The van der Waals surface area contributed by atoms with Crippen molar-refractivity contribution < 1.29 is 0 Å². The van der Waals surface area contributed by atoms with Crippen molar-refractivity contribution in [3.05, 3.63) is 21.9 Å². The highest BCUT2D eigenvalue weighted by molar-refractivity contribution is 7.12. The molecule has 110 valence electrons. The first kappa shape index (κ1) is 16.7. The van der Waals surface area contributed by atoms with Gasteiger partial charge in [0.15, 0.2) is 0 Å². The van der Waals surface area contributed by atoms with Gasteiger partial charge in [0.2, 0.25) is 0 Å². The predicted octanol–water partition coefficient (Wildman–Crippen LogP) is 5.57. The fourth-order valence-electron chi connectivity index (χ4n) is 2.62. The molecular formula is C17H31NS. The smallest absolute Gasteiger partial charge is 0.0443 e. The van der Waals surface area contributed by atoms with Gasteiger partial charge in [0.1, 0.15) is 0 Å². The molecule has 19 heavy (non-hydrogen) atoms. The van der Waals surface area contributed by atoms with Crippen molar-refractivity contribution in [2.24, 2.45) is 5.92 Å². The fourth-order valence-corrected chi connectivity index (χ4v) is 3.75. The van der Waals surface area contributed by atoms with E-state index in [2.05, 4.69) is 45.1 Å². The molecule has 0 radical (unpaired) electrons. The lowest BCUT2D eigenvalue weighted by Crippen LogP contribution is -2.28. The molecule has 1 aromatic rings. The zero-order valence-corrected chi connectivity index (χ0v) is 14.0. The molecule has 0 saturated carbocycles. The van der Waals surface area contributed by atoms with E-state index >= 15 is 0 Å². The van der Waals surface area contributed by atoms with E-state index in [4.69, 9.17) is 0 Å². The Balaban J connectivity index is 2.78. The molecule has 0 aliphatic heterocycles. The summed E-state index contributed by atoms with van der Waals surface area (Å²) >= 11 is 2.01. The summed E-state index contributed by atoms with van der Waals surface area (Å²) in [6.07, 6.45) is 7.68. The minimum Gasteiger partial charge on any atom is -0.309 e. The number of nitrogens with one attached hydrogen (secondary N) is 1. The highest BCUT2D eigenvalue weighted by Gasteiger charge is 2.22. The number of rotatable bonds is 10. The third-order valence-corrected chi connectivity index (χ3v) is 5.19. The Bertz CT molecular complexity index is 332. The van der Waals surface area contributed by atoms with Crippen molar-refractivity contribution in [2.75, 3.05) is 6.54 Å². The quantitative estimate of drug-likeness (QED) is 0.591. The second kappa shape index (κ2) is 9.55. The molecule has 2 unspecified atom stereocenters. The summed E-state index contributed by atoms with van der Waals surface area (Å²) in [5, 5.41) is 3.79. The van der Waals surface area contributed by atoms with Crippen molar-refractivity contribution >= 4 is 11.3 Å². The summed E-state index contributed by atoms with van der Waals surface area (Å²) in [4.78, 5) is 3.07. The van der Waals surface area contributed by atoms with Crippen LogP contribution in [0, 0.1) is 5.92 Å². The SMILES string of the molecule is CCCCC(CC)C(NCCC)c1ccc(CC)s1. The molecule has 1 N–H and O–H groups in total. The predicted molar refractivity (Wildman–Crippen MR) is 88.0 cm³/mol. The second-order valence-corrected chi connectivity index (χ2v) is 6.60. The number of aryl methyl sites for hydroxylation is 1. The Hall–Kier alpha value is -0.340. The number of thiophene rings is 1. The highest BCUT2D eigenvalue weighted by atomic mass is 32.1. The van der Waals surface area contributed by atoms with Gasteiger partial charge in [-0.1, -0.05) is 47.0 Å². The number of hydrogen-bond acceptors (Lipinski definition) is 2. The van der Waals surface area contributed by atoms with Crippen LogP contribution in [0.15, 0.2) is 12.1 Å². The Morgan fingerprint density at radius 3 is 2.42 bits per heavy atom. The molecular weight excluding hydrogens is 250 g/mol. The summed E-state index contributed by atoms with van der Waals surface area (Å²) < 4.78 is 0. The molecule has 0 aromatic carbocycles. The summed E-state index contributed by atoms with van der Waals surface area (Å²) in [5.74, 6) is 0.787. The zero-order valence-electron chi connectivity index (χ0n) is 13.2. The maximum absolute atomic E-state index is 3.79. The van der Waals surface area contributed by atoms with E-state index in [0.717, 1.165) is 18.9 Å². The summed E-state index contributed by atoms with van der Waals surface area (Å²) in [5.41, 5.74) is 0. The molecule has 1 rings (SSSR count). The lowest BCUT2D eigenvalue weighted by Gasteiger charge is -2.26. The fraction of sp³-hybridized carbons (Fsp3) is 0.765. The first-order chi connectivity index (χ1) is 9.26. The molecule has 0 spiro atoms. The van der Waals surface area contributed by atoms with Gasteiger partial charge < -0.3 is 5.32 Å². The van der Waals surface area contributed by atoms with Gasteiger partial charge in [-0.15, -0.1) is 11.3 Å². The van der Waals surface area contributed by atoms with Gasteiger partial charge in [0, 0.05) is 15.8 Å². The Morgan fingerprint density at radius 1 is 1.11 bits per heavy atom. The molecule has 2 heteroatoms. The lowest BCUT2D eigenvalue weighted by atomic mass is 9.90. The minimum atomic E-state index is 0.571. The van der Waals surface area contributed by atoms with Gasteiger partial charge in [-0.3, -0.25) is 0 Å². The average Bonchev–Trinajstić information content (AvgIpc) is 2.91. The monoisotopic (exact) mass is 281 g/mol. The normalized spacial score (nSPS) is 14.5. The van der Waals surface area contributed by atoms with Crippen LogP contribution in [0.5, 0.6) is 0 Å². The first-order valence-electron chi connectivity index (χ1n) is 8.08. The van der Waals surface area contributed by atoms with Gasteiger partial charge in [-0.25, -0.2) is 0 Å². The molecule has 0 bridgehead atoms. The first-order valence-corrected chi connectivity index (χ1v) is 8.90. The van der Waals surface area contributed by atoms with Crippen LogP contribution >= 0.6 is 11.3 Å². The van der Waals surface area contributed by atoms with Crippen LogP contribution in [0.4, 0.5) is 0 Å². The third kappa shape index (κ3) is 5.27. The van der Waals surface area contributed by atoms with Crippen LogP contribution in [0.2, 0.25) is 0 Å². The summed E-state index contributed by atoms with van der Waals surface area (Å²) in [6, 6.07) is 5.24. The highest BCUT2D eigenvalue weighted by Crippen LogP contribution is 2.33. The Labute approximate surface area is 123 Å². The van der Waals surface area contributed by atoms with Crippen molar-refractivity contribution in [3.8, 4) is 0 Å². The van der Waals surface area contributed by atoms with Crippen LogP contribution in [0.1, 0.15) is 75.6 Å². The third-order valence-electron chi connectivity index (χ3n) is 3.88. The summed E-state index contributed by atoms with van der Waals surface area (Å²) in [7, 11) is 0. The number of hydrogen-bond donors (Lipinski definition) is 1. The van der Waals surface area contributed by atoms with Crippen LogP contribution < -0.4 is 5.32 Å². The van der Waals surface area contributed by atoms with Crippen molar-refractivity contribution in [3.63, 3.8) is 0 Å². The van der Waals surface area contributed by atoms with Gasteiger partial charge in [-0.2, -0.15) is 0 Å². The van der Waals surface area contributed by atoms with E-state index in [9.17, 15) is 0 Å². The van der Waals surface area contributed by atoms with E-state index in [0.29, 0.717) is 6.04 Å². The van der Waals surface area contributed by atoms with E-state index in [1.54, 1.807) is 4.88 Å². The Morgan fingerprint density at radius 2 is 1.89 bits per heavy atom. The van der Waals surface area contributed by atoms with Crippen molar-refractivity contribution in [2.45, 2.75) is 72.3 Å². The molecule has 1 aromatic heterocycles. The topological polar surface area (TPSA) is 12.0 Å². The molecule has 1 heterocycles. The van der Waals surface area contributed by atoms with E-state index in [1.807, 2.05) is 11.3 Å². The largest absolute Gasteiger partial charge is 0.309 e. The maximum atomic E-state index is 3.79. The van der Waals surface area contributed by atoms with E-state index in [1.165, 1.54) is 37.0 Å². The Kier molecular flexibility index (Phi) is 8.40. The average molecular weight is 282 g/mol. The van der Waals surface area contributed by atoms with E-state index < -0.39 is 0 Å². The van der Waals surface area contributed by atoms with Gasteiger partial charge >= 0.3 is 0 Å². The van der Waals surface area contributed by atoms with Crippen molar-refractivity contribution in [1.82, 2.24) is 5.32 Å². The molecule has 0 amide bonds. The summed E-state index contributed by atoms with van der Waals surface area (Å²) in [6.45, 7) is 10.3. The number of unbranched alkanes of at least 4 members (excludes halogenated alkanes) is 1. The lowest BCUT2D eigenvalue weighted by molar-refractivity contribution is 0.327. The van der Waals surface area contributed by atoms with Crippen LogP contribution in [0.3, 0.4) is 0 Å². The molecule has 0 aliphatic rings. The van der Waals surface area contributed by atoms with E-state index in [-0.39, 0.29) is 0 Å². The van der Waals surface area contributed by atoms with Crippen LogP contribution in [-0.4, -0.2) is 6.54 Å². The standard InChI is InChI=1S/C17H31NS/c1-5-9-10-14(7-3)17(18-13-6-2)16-12-11-15(8-4)19-16/h11-12,14,17-18H,5-10,13H2,1-4H3. The molecule has 0 saturated heterocycles. The molecule has 1 nitrogen and oxygen atoms in total. The minimum absolute atomic E-state index is 0.571. The van der Waals surface area contributed by atoms with Crippen LogP contribution in [-0.2, 0) is 6.42 Å². The molecule has 2 atom stereocenters. The molecule has 0 fully saturated rings. The second-order valence-electron chi connectivity index (χ2n) is 5.40. The van der Waals surface area contributed by atoms with Gasteiger partial charge in [0.05, 0.1) is 0 Å². The van der Waals surface area contributed by atoms with Crippen molar-refractivity contribution in [1.29, 1.82) is 0 Å². The zero-order chi connectivity index (χ0) is 14.1. The van der Waals surface area contributed by atoms with Crippen LogP contribution in [0.25, 0.3) is 0 Å². The maximum Gasteiger partial charge on any atom is 0.0443 e. The van der Waals surface area contributed by atoms with Gasteiger partial charge in [0.25, 0.3) is 0 Å².